The summed E-state index contributed by atoms with van der Waals surface area (Å²) in [6, 6.07) is 10.9. The lowest BCUT2D eigenvalue weighted by Gasteiger charge is -2.28. The van der Waals surface area contributed by atoms with Gasteiger partial charge in [-0.2, -0.15) is 8.42 Å². The molecule has 1 heterocycles. The molecule has 0 aliphatic carbocycles. The first-order chi connectivity index (χ1) is 14.7. The summed E-state index contributed by atoms with van der Waals surface area (Å²) < 4.78 is 40.7. The number of hydrogen-bond acceptors (Lipinski definition) is 9. The van der Waals surface area contributed by atoms with E-state index in [1.807, 2.05) is 0 Å². The largest absolute Gasteiger partial charge is 0.467 e. The van der Waals surface area contributed by atoms with Crippen molar-refractivity contribution in [3.05, 3.63) is 59.2 Å². The number of esters is 2. The minimum Gasteiger partial charge on any atom is -0.467 e. The third-order valence-corrected chi connectivity index (χ3v) is 6.02. The highest BCUT2D eigenvalue weighted by Gasteiger charge is 2.45. The van der Waals surface area contributed by atoms with Gasteiger partial charge in [0.2, 0.25) is 0 Å². The highest BCUT2D eigenvalue weighted by Crippen LogP contribution is 2.38. The molecule has 0 spiro atoms. The van der Waals surface area contributed by atoms with Gasteiger partial charge in [0.25, 0.3) is 10.1 Å². The van der Waals surface area contributed by atoms with Crippen LogP contribution >= 0.6 is 0 Å². The number of rotatable bonds is 6. The Morgan fingerprint density at radius 2 is 1.65 bits per heavy atom. The van der Waals surface area contributed by atoms with Crippen molar-refractivity contribution in [2.75, 3.05) is 14.2 Å². The Morgan fingerprint density at radius 1 is 1.00 bits per heavy atom. The van der Waals surface area contributed by atoms with E-state index >= 15 is 0 Å². The monoisotopic (exact) mass is 447 g/mol. The molecule has 0 radical (unpaired) electrons. The normalized spacial score (nSPS) is 16.4. The Bertz CT molecular complexity index is 1140. The molecule has 1 aliphatic rings. The summed E-state index contributed by atoms with van der Waals surface area (Å²) in [5.41, 5.74) is 1.64. The van der Waals surface area contributed by atoms with Crippen molar-refractivity contribution in [2.45, 2.75) is 30.8 Å². The van der Waals surface area contributed by atoms with Crippen LogP contribution in [0, 0.1) is 13.8 Å². The lowest BCUT2D eigenvalue weighted by Crippen LogP contribution is -2.42. The zero-order valence-corrected chi connectivity index (χ0v) is 18.1. The van der Waals surface area contributed by atoms with Gasteiger partial charge in [-0.3, -0.25) is 0 Å². The number of carbonyl (C=O) groups is 2. The van der Waals surface area contributed by atoms with Crippen LogP contribution in [0.4, 0.5) is 0 Å². The maximum absolute atomic E-state index is 12.9. The molecule has 2 atom stereocenters. The molecule has 0 unspecified atom stereocenters. The predicted molar refractivity (Wildman–Crippen MR) is 109 cm³/mol. The van der Waals surface area contributed by atoms with E-state index in [2.05, 4.69) is 5.16 Å². The van der Waals surface area contributed by atoms with Gasteiger partial charge in [-0.1, -0.05) is 40.5 Å². The van der Waals surface area contributed by atoms with E-state index in [0.717, 1.165) is 25.3 Å². The van der Waals surface area contributed by atoms with Crippen molar-refractivity contribution in [1.82, 2.24) is 0 Å². The summed E-state index contributed by atoms with van der Waals surface area (Å²) in [5.74, 6) is -2.91. The van der Waals surface area contributed by atoms with Gasteiger partial charge >= 0.3 is 11.9 Å². The van der Waals surface area contributed by atoms with E-state index in [1.165, 1.54) is 12.1 Å². The summed E-state index contributed by atoms with van der Waals surface area (Å²) in [7, 11) is -2.18. The summed E-state index contributed by atoms with van der Waals surface area (Å²) in [6.07, 6.45) is -1.75. The quantitative estimate of drug-likeness (QED) is 0.489. The van der Waals surface area contributed by atoms with Crippen molar-refractivity contribution in [3.63, 3.8) is 0 Å². The topological polar surface area (TPSA) is 118 Å². The van der Waals surface area contributed by atoms with Gasteiger partial charge in [-0.05, 0) is 32.0 Å². The summed E-state index contributed by atoms with van der Waals surface area (Å²) in [4.78, 5) is 30.1. The van der Waals surface area contributed by atoms with Gasteiger partial charge < -0.3 is 14.3 Å². The molecular formula is C21H21NO8S. The molecule has 0 N–H and O–H groups in total. The molecule has 2 aromatic rings. The SMILES string of the molecule is COC(=O)C1=NOc2ccc(C)cc2[C@H]1[C@H](OS(=O)(=O)c1ccc(C)cc1)C(=O)OC. The van der Waals surface area contributed by atoms with Crippen LogP contribution in [0.3, 0.4) is 0 Å². The van der Waals surface area contributed by atoms with Crippen LogP contribution in [-0.2, 0) is 33.4 Å². The van der Waals surface area contributed by atoms with Crippen molar-refractivity contribution in [3.8, 4) is 5.75 Å². The van der Waals surface area contributed by atoms with E-state index in [9.17, 15) is 18.0 Å². The average molecular weight is 447 g/mol. The van der Waals surface area contributed by atoms with E-state index < -0.39 is 34.1 Å². The van der Waals surface area contributed by atoms with Crippen LogP contribution in [0.2, 0.25) is 0 Å². The number of methoxy groups -OCH3 is 2. The third kappa shape index (κ3) is 4.59. The van der Waals surface area contributed by atoms with E-state index in [1.54, 1.807) is 44.2 Å². The van der Waals surface area contributed by atoms with Gasteiger partial charge in [0, 0.05) is 5.56 Å². The number of nitrogens with zero attached hydrogens (tertiary/aromatic N) is 1. The van der Waals surface area contributed by atoms with Crippen LogP contribution < -0.4 is 4.84 Å². The number of fused-ring (bicyclic) bond motifs is 1. The molecule has 0 saturated heterocycles. The summed E-state index contributed by atoms with van der Waals surface area (Å²) >= 11 is 0. The van der Waals surface area contributed by atoms with Gasteiger partial charge in [-0.25, -0.2) is 13.8 Å². The molecule has 0 amide bonds. The molecule has 3 rings (SSSR count). The van der Waals surface area contributed by atoms with Gasteiger partial charge in [-0.15, -0.1) is 0 Å². The highest BCUT2D eigenvalue weighted by atomic mass is 32.2. The zero-order chi connectivity index (χ0) is 22.8. The van der Waals surface area contributed by atoms with E-state index in [0.29, 0.717) is 5.56 Å². The highest BCUT2D eigenvalue weighted by molar-refractivity contribution is 7.86. The van der Waals surface area contributed by atoms with E-state index in [-0.39, 0.29) is 16.4 Å². The van der Waals surface area contributed by atoms with Crippen LogP contribution in [0.15, 0.2) is 52.5 Å². The third-order valence-electron chi connectivity index (χ3n) is 4.71. The Kier molecular flexibility index (Phi) is 6.42. The first-order valence-corrected chi connectivity index (χ1v) is 10.6. The minimum absolute atomic E-state index is 0.153. The minimum atomic E-state index is -4.40. The summed E-state index contributed by atoms with van der Waals surface area (Å²) in [5, 5.41) is 3.76. The van der Waals surface area contributed by atoms with Crippen molar-refractivity contribution in [1.29, 1.82) is 0 Å². The number of hydrogen-bond donors (Lipinski definition) is 0. The molecular weight excluding hydrogens is 426 g/mol. The second-order valence-electron chi connectivity index (χ2n) is 6.89. The molecule has 31 heavy (non-hydrogen) atoms. The zero-order valence-electron chi connectivity index (χ0n) is 17.3. The Balaban J connectivity index is 2.13. The van der Waals surface area contributed by atoms with Crippen LogP contribution in [0.5, 0.6) is 5.75 Å². The van der Waals surface area contributed by atoms with E-state index in [4.69, 9.17) is 18.5 Å². The van der Waals surface area contributed by atoms with Gasteiger partial charge in [0.1, 0.15) is 0 Å². The fourth-order valence-electron chi connectivity index (χ4n) is 3.12. The fraction of sp³-hybridized carbons (Fsp3) is 0.286. The van der Waals surface area contributed by atoms with Crippen molar-refractivity contribution >= 4 is 27.8 Å². The molecule has 0 fully saturated rings. The van der Waals surface area contributed by atoms with Crippen molar-refractivity contribution < 1.29 is 36.5 Å². The Hall–Kier alpha value is -3.24. The Labute approximate surface area is 179 Å². The lowest BCUT2D eigenvalue weighted by atomic mass is 9.86. The summed E-state index contributed by atoms with van der Waals surface area (Å²) in [6.45, 7) is 3.59. The molecule has 1 aliphatic heterocycles. The second-order valence-corrected chi connectivity index (χ2v) is 8.46. The molecule has 2 aromatic carbocycles. The molecule has 0 aromatic heterocycles. The standard InChI is InChI=1S/C21H21NO8S/c1-12-5-8-14(9-6-12)31(25,26)30-19(21(24)28-4)17-15-11-13(2)7-10-16(15)29-22-18(17)20(23)27-3/h5-11,17,19H,1-4H3/t17-,19+/m1/s1. The number of aryl methyl sites for hydroxylation is 2. The second kappa shape index (κ2) is 8.86. The molecule has 10 heteroatoms. The van der Waals surface area contributed by atoms with Crippen LogP contribution in [0.25, 0.3) is 0 Å². The number of oxime groups is 1. The predicted octanol–water partition coefficient (Wildman–Crippen LogP) is 2.26. The number of carbonyl (C=O) groups excluding carboxylic acids is 2. The fourth-order valence-corrected chi connectivity index (χ4v) is 4.16. The molecule has 0 bridgehead atoms. The average Bonchev–Trinajstić information content (AvgIpc) is 2.76. The van der Waals surface area contributed by atoms with Gasteiger partial charge in [0.15, 0.2) is 17.6 Å². The maximum Gasteiger partial charge on any atom is 0.356 e. The molecule has 164 valence electrons. The number of ether oxygens (including phenoxy) is 2. The first-order valence-electron chi connectivity index (χ1n) is 9.19. The van der Waals surface area contributed by atoms with Crippen molar-refractivity contribution in [2.24, 2.45) is 5.16 Å². The molecule has 9 nitrogen and oxygen atoms in total. The lowest BCUT2D eigenvalue weighted by molar-refractivity contribution is -0.149. The van der Waals surface area contributed by atoms with Gasteiger partial charge in [0.05, 0.1) is 25.0 Å². The Morgan fingerprint density at radius 3 is 2.26 bits per heavy atom. The first kappa shape index (κ1) is 22.4. The van der Waals surface area contributed by atoms with Crippen LogP contribution in [0.1, 0.15) is 22.6 Å². The maximum atomic E-state index is 12.9. The van der Waals surface area contributed by atoms with Crippen LogP contribution in [-0.4, -0.2) is 46.4 Å². The smallest absolute Gasteiger partial charge is 0.356 e. The molecule has 0 saturated carbocycles. The number of benzene rings is 2.